The molecule has 4 heteroatoms. The van der Waals surface area contributed by atoms with Crippen LogP contribution in [-0.4, -0.2) is 28.4 Å². The van der Waals surface area contributed by atoms with Crippen LogP contribution in [0.2, 0.25) is 0 Å². The number of rotatable bonds is 3. The van der Waals surface area contributed by atoms with Gasteiger partial charge in [-0.2, -0.15) is 0 Å². The van der Waals surface area contributed by atoms with Gasteiger partial charge in [-0.25, -0.2) is 0 Å². The van der Waals surface area contributed by atoms with Gasteiger partial charge in [0.05, 0.1) is 6.42 Å². The predicted octanol–water partition coefficient (Wildman–Crippen LogP) is 1.87. The van der Waals surface area contributed by atoms with Gasteiger partial charge in [0.1, 0.15) is 4.99 Å². The largest absolute Gasteiger partial charge is 0.389 e. The fourth-order valence-corrected chi connectivity index (χ4v) is 3.43. The summed E-state index contributed by atoms with van der Waals surface area (Å²) in [6.45, 7) is 0.967. The monoisotopic (exact) mass is 274 g/mol. The predicted molar refractivity (Wildman–Crippen MR) is 78.9 cm³/mol. The number of hydrogen-bond acceptors (Lipinski definition) is 2. The second-order valence-electron chi connectivity index (χ2n) is 5.62. The summed E-state index contributed by atoms with van der Waals surface area (Å²) in [5, 5.41) is 0. The van der Waals surface area contributed by atoms with Gasteiger partial charge < -0.3 is 10.6 Å². The number of benzene rings is 1. The number of nitrogens with zero attached hydrogens (tertiary/aromatic N) is 1. The minimum absolute atomic E-state index is 0.260. The topological polar surface area (TPSA) is 46.3 Å². The molecule has 2 atom stereocenters. The summed E-state index contributed by atoms with van der Waals surface area (Å²) in [6.07, 6.45) is 4.20. The zero-order valence-electron chi connectivity index (χ0n) is 10.8. The molecule has 100 valence electrons. The summed E-state index contributed by atoms with van der Waals surface area (Å²) in [4.78, 5) is 14.8. The number of carbonyl (C=O) groups excluding carboxylic acids is 1. The highest BCUT2D eigenvalue weighted by molar-refractivity contribution is 7.80. The smallest absolute Gasteiger partial charge is 0.227 e. The van der Waals surface area contributed by atoms with E-state index in [0.717, 1.165) is 23.6 Å². The van der Waals surface area contributed by atoms with Crippen LogP contribution in [0.15, 0.2) is 24.3 Å². The Balaban J connectivity index is 1.64. The zero-order valence-corrected chi connectivity index (χ0v) is 11.7. The van der Waals surface area contributed by atoms with Crippen molar-refractivity contribution >= 4 is 23.1 Å². The van der Waals surface area contributed by atoms with Crippen molar-refractivity contribution in [3.05, 3.63) is 35.4 Å². The molecule has 1 aromatic rings. The average molecular weight is 274 g/mol. The molecule has 0 spiro atoms. The summed E-state index contributed by atoms with van der Waals surface area (Å²) in [7, 11) is 0. The number of fused-ring (bicyclic) bond motifs is 2. The molecule has 1 amide bonds. The second-order valence-corrected chi connectivity index (χ2v) is 6.06. The number of thiocarbonyl (C=S) groups is 1. The number of carbonyl (C=O) groups is 1. The summed E-state index contributed by atoms with van der Waals surface area (Å²) >= 11 is 4.92. The maximum absolute atomic E-state index is 12.3. The maximum Gasteiger partial charge on any atom is 0.227 e. The van der Waals surface area contributed by atoms with E-state index in [1.807, 2.05) is 24.3 Å². The van der Waals surface area contributed by atoms with Crippen LogP contribution in [0.1, 0.15) is 30.4 Å². The molecule has 1 aliphatic carbocycles. The van der Waals surface area contributed by atoms with Gasteiger partial charge in [0, 0.05) is 18.2 Å². The molecule has 3 rings (SSSR count). The van der Waals surface area contributed by atoms with Crippen LogP contribution in [0.25, 0.3) is 0 Å². The average Bonchev–Trinajstić information content (AvgIpc) is 3.01. The summed E-state index contributed by atoms with van der Waals surface area (Å²) in [5.41, 5.74) is 7.45. The van der Waals surface area contributed by atoms with E-state index in [2.05, 4.69) is 4.90 Å². The van der Waals surface area contributed by atoms with E-state index in [-0.39, 0.29) is 5.91 Å². The Kier molecular flexibility index (Phi) is 3.27. The molecular formula is C15H18N2OS. The van der Waals surface area contributed by atoms with Crippen molar-refractivity contribution in [1.82, 2.24) is 4.90 Å². The Morgan fingerprint density at radius 1 is 1.32 bits per heavy atom. The van der Waals surface area contributed by atoms with Crippen molar-refractivity contribution in [3.8, 4) is 0 Å². The van der Waals surface area contributed by atoms with Gasteiger partial charge in [-0.1, -0.05) is 36.5 Å². The van der Waals surface area contributed by atoms with Crippen molar-refractivity contribution in [2.24, 2.45) is 11.7 Å². The SMILES string of the molecule is NC(=S)c1ccc(CC(=O)N2CC3CCC2C3)cc1. The molecule has 2 N–H and O–H groups in total. The van der Waals surface area contributed by atoms with Crippen molar-refractivity contribution in [3.63, 3.8) is 0 Å². The third-order valence-electron chi connectivity index (χ3n) is 4.32. The lowest BCUT2D eigenvalue weighted by atomic mass is 10.1. The van der Waals surface area contributed by atoms with Crippen LogP contribution in [0.4, 0.5) is 0 Å². The second kappa shape index (κ2) is 4.93. The Morgan fingerprint density at radius 3 is 2.58 bits per heavy atom. The highest BCUT2D eigenvalue weighted by Gasteiger charge is 2.39. The van der Waals surface area contributed by atoms with E-state index >= 15 is 0 Å². The van der Waals surface area contributed by atoms with Crippen LogP contribution in [0.5, 0.6) is 0 Å². The highest BCUT2D eigenvalue weighted by Crippen LogP contribution is 2.37. The molecule has 1 heterocycles. The fourth-order valence-electron chi connectivity index (χ4n) is 3.29. The van der Waals surface area contributed by atoms with Gasteiger partial charge in [0.15, 0.2) is 0 Å². The first-order valence-electron chi connectivity index (χ1n) is 6.81. The zero-order chi connectivity index (χ0) is 13.4. The van der Waals surface area contributed by atoms with E-state index in [1.54, 1.807) is 0 Å². The Morgan fingerprint density at radius 2 is 2.05 bits per heavy atom. The van der Waals surface area contributed by atoms with Crippen LogP contribution in [0, 0.1) is 5.92 Å². The molecule has 2 unspecified atom stereocenters. The third kappa shape index (κ3) is 2.50. The van der Waals surface area contributed by atoms with Crippen LogP contribution >= 0.6 is 12.2 Å². The van der Waals surface area contributed by atoms with Crippen molar-refractivity contribution in [2.45, 2.75) is 31.7 Å². The molecule has 1 aliphatic heterocycles. The molecule has 19 heavy (non-hydrogen) atoms. The molecule has 3 nitrogen and oxygen atoms in total. The van der Waals surface area contributed by atoms with Gasteiger partial charge in [-0.15, -0.1) is 0 Å². The third-order valence-corrected chi connectivity index (χ3v) is 4.56. The minimum Gasteiger partial charge on any atom is -0.389 e. The van der Waals surface area contributed by atoms with E-state index in [1.165, 1.54) is 19.3 Å². The molecule has 1 saturated heterocycles. The molecule has 1 saturated carbocycles. The van der Waals surface area contributed by atoms with Gasteiger partial charge >= 0.3 is 0 Å². The number of piperidine rings is 1. The lowest BCUT2D eigenvalue weighted by molar-refractivity contribution is -0.132. The van der Waals surface area contributed by atoms with Gasteiger partial charge in [-0.05, 0) is 30.7 Å². The lowest BCUT2D eigenvalue weighted by Gasteiger charge is -2.27. The lowest BCUT2D eigenvalue weighted by Crippen LogP contribution is -2.38. The van der Waals surface area contributed by atoms with Crippen LogP contribution < -0.4 is 5.73 Å². The van der Waals surface area contributed by atoms with Crippen molar-refractivity contribution in [1.29, 1.82) is 0 Å². The maximum atomic E-state index is 12.3. The first kappa shape index (κ1) is 12.6. The minimum atomic E-state index is 0.260. The van der Waals surface area contributed by atoms with Gasteiger partial charge in [-0.3, -0.25) is 4.79 Å². The molecule has 1 aromatic carbocycles. The van der Waals surface area contributed by atoms with Crippen molar-refractivity contribution in [2.75, 3.05) is 6.54 Å². The number of nitrogens with two attached hydrogens (primary N) is 1. The van der Waals surface area contributed by atoms with Crippen LogP contribution in [-0.2, 0) is 11.2 Å². The molecule has 2 bridgehead atoms. The van der Waals surface area contributed by atoms with Gasteiger partial charge in [0.2, 0.25) is 5.91 Å². The van der Waals surface area contributed by atoms with E-state index in [4.69, 9.17) is 18.0 Å². The highest BCUT2D eigenvalue weighted by atomic mass is 32.1. The summed E-state index contributed by atoms with van der Waals surface area (Å²) < 4.78 is 0. The van der Waals surface area contributed by atoms with E-state index in [0.29, 0.717) is 17.5 Å². The molecular weight excluding hydrogens is 256 g/mol. The number of likely N-dealkylation sites (tertiary alicyclic amines) is 1. The first-order chi connectivity index (χ1) is 9.13. The number of amides is 1. The fraction of sp³-hybridized carbons (Fsp3) is 0.467. The Bertz CT molecular complexity index is 511. The van der Waals surface area contributed by atoms with E-state index < -0.39 is 0 Å². The molecule has 2 aliphatic rings. The molecule has 0 aromatic heterocycles. The normalized spacial score (nSPS) is 24.7. The molecule has 2 fully saturated rings. The quantitative estimate of drug-likeness (QED) is 0.856. The summed E-state index contributed by atoms with van der Waals surface area (Å²) in [5.74, 6) is 1.02. The number of hydrogen-bond donors (Lipinski definition) is 1. The van der Waals surface area contributed by atoms with E-state index in [9.17, 15) is 4.79 Å². The standard InChI is InChI=1S/C15H18N2OS/c16-15(19)12-4-1-10(2-5-12)8-14(18)17-9-11-3-6-13(17)7-11/h1-2,4-5,11,13H,3,6-9H2,(H2,16,19). The Hall–Kier alpha value is -1.42. The van der Waals surface area contributed by atoms with Crippen molar-refractivity contribution < 1.29 is 4.79 Å². The first-order valence-corrected chi connectivity index (χ1v) is 7.22. The Labute approximate surface area is 118 Å². The van der Waals surface area contributed by atoms with Crippen LogP contribution in [0.3, 0.4) is 0 Å². The van der Waals surface area contributed by atoms with Gasteiger partial charge in [0.25, 0.3) is 0 Å². The summed E-state index contributed by atoms with van der Waals surface area (Å²) in [6, 6.07) is 8.18. The molecule has 0 radical (unpaired) electrons.